The third-order valence-electron chi connectivity index (χ3n) is 12.2. The molecule has 454 valence electrons. The van der Waals surface area contributed by atoms with Gasteiger partial charge in [0.25, 0.3) is 11.8 Å². The molecular formula is C60H85ClLiN5O16. The van der Waals surface area contributed by atoms with Crippen molar-refractivity contribution in [3.8, 4) is 34.5 Å². The van der Waals surface area contributed by atoms with Crippen molar-refractivity contribution in [3.05, 3.63) is 90.9 Å². The van der Waals surface area contributed by atoms with Crippen LogP contribution in [0, 0.1) is 18.8 Å². The summed E-state index contributed by atoms with van der Waals surface area (Å²) in [4.78, 5) is 90.2. The number of aliphatic hydroxyl groups is 1. The quantitative estimate of drug-likeness (QED) is 0.0446. The molecule has 5 heterocycles. The number of rotatable bonds is 14. The van der Waals surface area contributed by atoms with Gasteiger partial charge in [-0.1, -0.05) is 33.1 Å². The van der Waals surface area contributed by atoms with Crippen molar-refractivity contribution >= 4 is 70.4 Å². The van der Waals surface area contributed by atoms with Crippen LogP contribution in [0.2, 0.25) is 0 Å². The molecule has 0 bridgehead atoms. The van der Waals surface area contributed by atoms with Gasteiger partial charge in [0.2, 0.25) is 40.4 Å². The van der Waals surface area contributed by atoms with Gasteiger partial charge in [-0.15, -0.1) is 0 Å². The number of unbranched alkanes of at least 4 members (excludes halogenated alkanes) is 1. The molecule has 23 heteroatoms. The fourth-order valence-electron chi connectivity index (χ4n) is 7.61. The maximum Gasteiger partial charge on any atom is 1.00 e. The van der Waals surface area contributed by atoms with E-state index in [2.05, 4.69) is 54.9 Å². The fraction of sp³-hybridized carbons (Fsp3) is 0.483. The van der Waals surface area contributed by atoms with Gasteiger partial charge in [0.15, 0.2) is 23.0 Å². The van der Waals surface area contributed by atoms with Crippen LogP contribution in [0.25, 0.3) is 12.2 Å². The summed E-state index contributed by atoms with van der Waals surface area (Å²) >= 11 is 5.22. The number of imide groups is 1. The zero-order valence-electron chi connectivity index (χ0n) is 49.9. The van der Waals surface area contributed by atoms with Crippen molar-refractivity contribution in [1.82, 2.24) is 26.2 Å². The van der Waals surface area contributed by atoms with E-state index in [1.165, 1.54) is 66.1 Å². The fourth-order valence-corrected chi connectivity index (χ4v) is 7.67. The molecule has 5 saturated heterocycles. The number of halogens is 1. The molecule has 5 aliphatic heterocycles. The van der Waals surface area contributed by atoms with Gasteiger partial charge in [-0.3, -0.25) is 43.3 Å². The van der Waals surface area contributed by atoms with E-state index >= 15 is 0 Å². The van der Waals surface area contributed by atoms with E-state index in [1.54, 1.807) is 43.3 Å². The largest absolute Gasteiger partial charge is 1.00 e. The molecule has 2 aromatic rings. The summed E-state index contributed by atoms with van der Waals surface area (Å²) in [6.45, 7) is 22.1. The van der Waals surface area contributed by atoms with Gasteiger partial charge < -0.3 is 66.5 Å². The molecule has 0 aliphatic carbocycles. The van der Waals surface area contributed by atoms with E-state index in [9.17, 15) is 38.4 Å². The van der Waals surface area contributed by atoms with Gasteiger partial charge >= 0.3 is 24.8 Å². The van der Waals surface area contributed by atoms with Gasteiger partial charge in [-0.05, 0) is 136 Å². The summed E-state index contributed by atoms with van der Waals surface area (Å²) < 4.78 is 36.1. The number of allylic oxidation sites excluding steroid dienone is 1. The molecule has 7 rings (SSSR count). The van der Waals surface area contributed by atoms with Crippen LogP contribution >= 0.6 is 11.6 Å². The second-order valence-corrected chi connectivity index (χ2v) is 18.6. The van der Waals surface area contributed by atoms with Gasteiger partial charge in [0.05, 0.1) is 61.8 Å². The normalized spacial score (nSPS) is 17.1. The minimum Gasteiger partial charge on any atom is -0.493 e. The van der Waals surface area contributed by atoms with Crippen LogP contribution < -0.4 is 68.5 Å². The number of likely N-dealkylation sites (tertiary alicyclic amines) is 1. The topological polar surface area (TPSA) is 273 Å². The number of hydrogen-bond acceptors (Lipinski definition) is 16. The molecule has 83 heavy (non-hydrogen) atoms. The van der Waals surface area contributed by atoms with Crippen LogP contribution in [0.1, 0.15) is 102 Å². The molecule has 0 radical (unpaired) electrons. The summed E-state index contributed by atoms with van der Waals surface area (Å²) in [6, 6.07) is 6.89. The standard InChI is InChI=1S/C18H21NO5.C12H13ClO4.C8H13NO3.C6H11NO2.2C6H9NO.C4H9.Li/c1-12-6-5-9-19(18(12)21)16(20)8-7-13-10-14(22-2)17(24-4)15(11-13)23-3;1-15-9-6-8(4-5-11(13)14)7-10(16-2)12(9)17-3;1-2-12-8(11)6-4-3-5-9-7(6)10;8-4-5-2-1-3-7-6(5)9;2*1-5-3-2-4-7-6(5)8;1-3-4-2;/h7-8,10-11H,1,5-6,9H2,2-4H3;4-7H,1-3H3;6H,2-5H2,1H3,(H,9,10);5,8H,1-4H2,(H,7,9);2*1-4H2,(H,7,8);1,3-4H2,2H3;/q;;;;;;-1;+1/b8-7+;5-4+;;;;;;. The Morgan fingerprint density at radius 3 is 1.40 bits per heavy atom. The van der Waals surface area contributed by atoms with Gasteiger partial charge in [0, 0.05) is 55.5 Å². The van der Waals surface area contributed by atoms with Crippen molar-refractivity contribution in [1.29, 1.82) is 0 Å². The summed E-state index contributed by atoms with van der Waals surface area (Å²) in [6.07, 6.45) is 16.6. The number of amides is 6. The molecule has 2 unspecified atom stereocenters. The van der Waals surface area contributed by atoms with E-state index in [4.69, 9.17) is 49.9 Å². The molecule has 5 N–H and O–H groups in total. The first-order chi connectivity index (χ1) is 39.2. The molecule has 2 aromatic carbocycles. The monoisotopic (exact) mass is 1170 g/mol. The Labute approximate surface area is 506 Å². The van der Waals surface area contributed by atoms with Crippen molar-refractivity contribution in [3.63, 3.8) is 0 Å². The Morgan fingerprint density at radius 1 is 0.639 bits per heavy atom. The van der Waals surface area contributed by atoms with E-state index in [0.29, 0.717) is 78.2 Å². The number of aliphatic hydroxyl groups excluding tert-OH is 1. The summed E-state index contributed by atoms with van der Waals surface area (Å²) in [5.41, 5.74) is 3.33. The van der Waals surface area contributed by atoms with Crippen LogP contribution in [0.15, 0.2) is 72.9 Å². The number of methoxy groups -OCH3 is 6. The first-order valence-corrected chi connectivity index (χ1v) is 27.4. The number of carbonyl (C=O) groups excluding carboxylic acids is 8. The third kappa shape index (κ3) is 28.2. The number of esters is 1. The molecule has 21 nitrogen and oxygen atoms in total. The number of ether oxygens (including phenoxy) is 7. The average Bonchev–Trinajstić information content (AvgIpc) is 3.64. The molecule has 6 amide bonds. The van der Waals surface area contributed by atoms with Crippen LogP contribution in [-0.2, 0) is 43.1 Å². The number of carbonyl (C=O) groups is 8. The average molecular weight is 1170 g/mol. The third-order valence-corrected chi connectivity index (χ3v) is 12.4. The molecule has 2 atom stereocenters. The van der Waals surface area contributed by atoms with Gasteiger partial charge in [-0.25, -0.2) is 0 Å². The Balaban J connectivity index is 0.00000100. The minimum atomic E-state index is -0.571. The van der Waals surface area contributed by atoms with E-state index < -0.39 is 17.1 Å². The molecule has 0 aromatic heterocycles. The minimum absolute atomic E-state index is 0. The molecule has 5 aliphatic rings. The molecule has 0 saturated carbocycles. The second-order valence-electron chi connectivity index (χ2n) is 18.2. The smallest absolute Gasteiger partial charge is 0.493 e. The summed E-state index contributed by atoms with van der Waals surface area (Å²) in [5, 5.41) is 18.8. The maximum atomic E-state index is 12.2. The van der Waals surface area contributed by atoms with Gasteiger partial charge in [0.1, 0.15) is 5.92 Å². The predicted molar refractivity (Wildman–Crippen MR) is 314 cm³/mol. The van der Waals surface area contributed by atoms with Crippen LogP contribution in [0.3, 0.4) is 0 Å². The van der Waals surface area contributed by atoms with E-state index in [0.717, 1.165) is 94.1 Å². The first-order valence-electron chi connectivity index (χ1n) is 27.0. The Hall–Kier alpha value is -7.05. The second kappa shape index (κ2) is 43.6. The SMILES string of the molecule is C=C1CCCN(C(=O)/C=C/c2cc(OC)c(OC)c(OC)c2)C1=O.C=C1CCCNC1=O.C=C1CCCNC1=O.CCOC(=O)C1CCCNC1=O.COc1cc(/C=C/C(=O)Cl)cc(OC)c1OC.O=C1NCCCC1CO.[CH2-]CCC.[Li+]. The van der Waals surface area contributed by atoms with Crippen LogP contribution in [-0.4, -0.2) is 145 Å². The zero-order chi connectivity index (χ0) is 61.6. The molecular weight excluding hydrogens is 1090 g/mol. The van der Waals surface area contributed by atoms with Crippen molar-refractivity contribution in [2.75, 3.05) is 88.6 Å². The Morgan fingerprint density at radius 2 is 1.06 bits per heavy atom. The summed E-state index contributed by atoms with van der Waals surface area (Å²) in [5.74, 6) is 1.09. The Bertz CT molecular complexity index is 2420. The van der Waals surface area contributed by atoms with Crippen LogP contribution in [0.4, 0.5) is 0 Å². The Kier molecular flexibility index (Phi) is 39.9. The number of nitrogens with one attached hydrogen (secondary N) is 4. The van der Waals surface area contributed by atoms with Crippen LogP contribution in [0.5, 0.6) is 34.5 Å². The van der Waals surface area contributed by atoms with Crippen molar-refractivity contribution < 1.29 is 95.5 Å². The van der Waals surface area contributed by atoms with Crippen molar-refractivity contribution in [2.45, 2.75) is 90.9 Å². The molecule has 5 fully saturated rings. The van der Waals surface area contributed by atoms with Crippen molar-refractivity contribution in [2.24, 2.45) is 11.8 Å². The molecule has 0 spiro atoms. The predicted octanol–water partition coefficient (Wildman–Crippen LogP) is 4.03. The van der Waals surface area contributed by atoms with E-state index in [1.807, 2.05) is 0 Å². The van der Waals surface area contributed by atoms with Gasteiger partial charge in [-0.2, -0.15) is 6.42 Å². The number of piperidine rings is 5. The first kappa shape index (κ1) is 75.9. The van der Waals surface area contributed by atoms with E-state index in [-0.39, 0.29) is 66.8 Å². The maximum absolute atomic E-state index is 12.2. The number of benzene rings is 2. The summed E-state index contributed by atoms with van der Waals surface area (Å²) in [7, 11) is 9.14. The number of nitrogens with zero attached hydrogens (tertiary/aromatic N) is 1. The number of hydrogen-bond donors (Lipinski definition) is 5. The zero-order valence-corrected chi connectivity index (χ0v) is 50.7.